The molecule has 0 unspecified atom stereocenters. The summed E-state index contributed by atoms with van der Waals surface area (Å²) in [6.07, 6.45) is 0. The second-order valence-electron chi connectivity index (χ2n) is 5.84. The average molecular weight is 394 g/mol. The zero-order valence-corrected chi connectivity index (χ0v) is 14.7. The number of carboxylic acids is 1. The Labute approximate surface area is 164 Å². The molecule has 0 bridgehead atoms. The number of carbonyl (C=O) groups is 3. The largest absolute Gasteiger partial charge is 0.508 e. The van der Waals surface area contributed by atoms with Gasteiger partial charge in [-0.05, 0) is 42.5 Å². The Balaban J connectivity index is 1.85. The normalized spacial score (nSPS) is 10.2. The molecule has 0 saturated heterocycles. The molecule has 0 radical (unpaired) electrons. The Kier molecular flexibility index (Phi) is 5.45. The zero-order valence-electron chi connectivity index (χ0n) is 14.7. The molecule has 0 aliphatic heterocycles. The molecular weight excluding hydrogens is 380 g/mol. The highest BCUT2D eigenvalue weighted by Crippen LogP contribution is 2.22. The van der Waals surface area contributed by atoms with Gasteiger partial charge in [-0.25, -0.2) is 14.4 Å². The Bertz CT molecular complexity index is 1100. The standard InChI is InChI=1S/C21H14O8/c22-13-3-1-5-15(10-13)28-20(26)12-7-8-17(18(9-12)19(24)25)21(27)29-16-6-2-4-14(23)11-16/h1-11,22-23H,(H,24,25). The Morgan fingerprint density at radius 2 is 1.21 bits per heavy atom. The van der Waals surface area contributed by atoms with Crippen LogP contribution in [0.1, 0.15) is 31.1 Å². The summed E-state index contributed by atoms with van der Waals surface area (Å²) in [5.74, 6) is -3.42. The van der Waals surface area contributed by atoms with E-state index >= 15 is 0 Å². The second-order valence-corrected chi connectivity index (χ2v) is 5.84. The van der Waals surface area contributed by atoms with Gasteiger partial charge in [0.25, 0.3) is 0 Å². The van der Waals surface area contributed by atoms with Crippen LogP contribution in [0.5, 0.6) is 23.0 Å². The van der Waals surface area contributed by atoms with Gasteiger partial charge in [-0.2, -0.15) is 0 Å². The number of aromatic carboxylic acids is 1. The van der Waals surface area contributed by atoms with Crippen LogP contribution in [0, 0.1) is 0 Å². The molecule has 0 fully saturated rings. The minimum atomic E-state index is -1.44. The van der Waals surface area contributed by atoms with Gasteiger partial charge < -0.3 is 24.8 Å². The van der Waals surface area contributed by atoms with E-state index in [0.717, 1.165) is 12.1 Å². The third-order valence-corrected chi connectivity index (χ3v) is 3.76. The van der Waals surface area contributed by atoms with E-state index in [9.17, 15) is 29.7 Å². The Morgan fingerprint density at radius 3 is 1.72 bits per heavy atom. The number of esters is 2. The van der Waals surface area contributed by atoms with Gasteiger partial charge in [-0.1, -0.05) is 12.1 Å². The van der Waals surface area contributed by atoms with Crippen molar-refractivity contribution >= 4 is 17.9 Å². The van der Waals surface area contributed by atoms with Gasteiger partial charge in [0.15, 0.2) is 0 Å². The summed E-state index contributed by atoms with van der Waals surface area (Å²) in [6.45, 7) is 0. The number of phenolic OH excluding ortho intramolecular Hbond substituents is 2. The molecule has 29 heavy (non-hydrogen) atoms. The van der Waals surface area contributed by atoms with Crippen LogP contribution in [0.15, 0.2) is 66.7 Å². The van der Waals surface area contributed by atoms with Crippen molar-refractivity contribution in [1.29, 1.82) is 0 Å². The molecule has 146 valence electrons. The number of carboxylic acid groups (broad SMARTS) is 1. The molecular formula is C21H14O8. The molecule has 0 spiro atoms. The van der Waals surface area contributed by atoms with E-state index < -0.39 is 23.5 Å². The quantitative estimate of drug-likeness (QED) is 0.444. The number of hydrogen-bond acceptors (Lipinski definition) is 7. The first kappa shape index (κ1) is 19.4. The highest BCUT2D eigenvalue weighted by molar-refractivity contribution is 6.05. The maximum Gasteiger partial charge on any atom is 0.344 e. The number of ether oxygens (including phenoxy) is 2. The summed E-state index contributed by atoms with van der Waals surface area (Å²) >= 11 is 0. The van der Waals surface area contributed by atoms with Crippen molar-refractivity contribution in [2.45, 2.75) is 0 Å². The van der Waals surface area contributed by atoms with Gasteiger partial charge in [-0.15, -0.1) is 0 Å². The van der Waals surface area contributed by atoms with Crippen LogP contribution in [0.25, 0.3) is 0 Å². The SMILES string of the molecule is O=C(Oc1cccc(O)c1)c1ccc(C(=O)Oc2cccc(O)c2)c(C(=O)O)c1. The van der Waals surface area contributed by atoms with E-state index in [1.54, 1.807) is 0 Å². The molecule has 3 N–H and O–H groups in total. The van der Waals surface area contributed by atoms with Gasteiger partial charge in [0.05, 0.1) is 16.7 Å². The lowest BCUT2D eigenvalue weighted by molar-refractivity contribution is 0.0667. The van der Waals surface area contributed by atoms with E-state index in [-0.39, 0.29) is 34.1 Å². The highest BCUT2D eigenvalue weighted by Gasteiger charge is 2.21. The summed E-state index contributed by atoms with van der Waals surface area (Å²) in [5, 5.41) is 28.3. The average Bonchev–Trinajstić information content (AvgIpc) is 2.67. The van der Waals surface area contributed by atoms with Gasteiger partial charge >= 0.3 is 17.9 Å². The predicted octanol–water partition coefficient (Wildman–Crippen LogP) is 3.23. The fraction of sp³-hybridized carbons (Fsp3) is 0. The van der Waals surface area contributed by atoms with Gasteiger partial charge in [0, 0.05) is 12.1 Å². The first-order valence-electron chi connectivity index (χ1n) is 8.23. The highest BCUT2D eigenvalue weighted by atomic mass is 16.5. The van der Waals surface area contributed by atoms with Crippen molar-refractivity contribution in [1.82, 2.24) is 0 Å². The molecule has 3 rings (SSSR count). The van der Waals surface area contributed by atoms with Crippen LogP contribution >= 0.6 is 0 Å². The fourth-order valence-electron chi connectivity index (χ4n) is 2.45. The maximum absolute atomic E-state index is 12.3. The lowest BCUT2D eigenvalue weighted by Gasteiger charge is -2.09. The van der Waals surface area contributed by atoms with Crippen LogP contribution in [0.2, 0.25) is 0 Å². The van der Waals surface area contributed by atoms with E-state index in [0.29, 0.717) is 0 Å². The van der Waals surface area contributed by atoms with Crippen molar-refractivity contribution < 1.29 is 39.2 Å². The van der Waals surface area contributed by atoms with Crippen LogP contribution in [-0.2, 0) is 0 Å². The van der Waals surface area contributed by atoms with Crippen molar-refractivity contribution in [3.05, 3.63) is 83.4 Å². The topological polar surface area (TPSA) is 130 Å². The van der Waals surface area contributed by atoms with E-state index in [1.165, 1.54) is 54.6 Å². The van der Waals surface area contributed by atoms with E-state index in [2.05, 4.69) is 0 Å². The second kappa shape index (κ2) is 8.13. The van der Waals surface area contributed by atoms with Crippen LogP contribution in [-0.4, -0.2) is 33.2 Å². The molecule has 0 amide bonds. The lowest BCUT2D eigenvalue weighted by atomic mass is 10.0. The summed E-state index contributed by atoms with van der Waals surface area (Å²) in [5.41, 5.74) is -0.852. The van der Waals surface area contributed by atoms with Crippen molar-refractivity contribution in [3.63, 3.8) is 0 Å². The van der Waals surface area contributed by atoms with Crippen LogP contribution in [0.4, 0.5) is 0 Å². The van der Waals surface area contributed by atoms with Gasteiger partial charge in [0.2, 0.25) is 0 Å². The molecule has 3 aromatic rings. The molecule has 3 aromatic carbocycles. The fourth-order valence-corrected chi connectivity index (χ4v) is 2.45. The number of benzene rings is 3. The molecule has 8 heteroatoms. The van der Waals surface area contributed by atoms with E-state index in [1.807, 2.05) is 0 Å². The van der Waals surface area contributed by atoms with Crippen LogP contribution < -0.4 is 9.47 Å². The maximum atomic E-state index is 12.3. The minimum Gasteiger partial charge on any atom is -0.508 e. The molecule has 8 nitrogen and oxygen atoms in total. The molecule has 0 aliphatic rings. The molecule has 0 saturated carbocycles. The number of hydrogen-bond donors (Lipinski definition) is 3. The molecule has 0 aromatic heterocycles. The minimum absolute atomic E-state index is 0.0266. The molecule has 0 aliphatic carbocycles. The Morgan fingerprint density at radius 1 is 0.655 bits per heavy atom. The van der Waals surface area contributed by atoms with E-state index in [4.69, 9.17) is 9.47 Å². The lowest BCUT2D eigenvalue weighted by Crippen LogP contribution is -2.16. The van der Waals surface area contributed by atoms with Gasteiger partial charge in [0.1, 0.15) is 23.0 Å². The number of aromatic hydroxyl groups is 2. The summed E-state index contributed by atoms with van der Waals surface area (Å²) in [6, 6.07) is 14.3. The van der Waals surface area contributed by atoms with Crippen molar-refractivity contribution in [3.8, 4) is 23.0 Å². The monoisotopic (exact) mass is 394 g/mol. The number of phenols is 2. The number of carbonyl (C=O) groups excluding carboxylic acids is 2. The zero-order chi connectivity index (χ0) is 21.0. The van der Waals surface area contributed by atoms with Gasteiger partial charge in [-0.3, -0.25) is 0 Å². The first-order valence-corrected chi connectivity index (χ1v) is 8.23. The summed E-state index contributed by atoms with van der Waals surface area (Å²) in [7, 11) is 0. The Hall–Kier alpha value is -4.33. The molecule has 0 heterocycles. The first-order chi connectivity index (χ1) is 13.8. The number of rotatable bonds is 5. The smallest absolute Gasteiger partial charge is 0.344 e. The predicted molar refractivity (Wildman–Crippen MR) is 99.5 cm³/mol. The summed E-state index contributed by atoms with van der Waals surface area (Å²) < 4.78 is 10.2. The third-order valence-electron chi connectivity index (χ3n) is 3.76. The van der Waals surface area contributed by atoms with Crippen molar-refractivity contribution in [2.75, 3.05) is 0 Å². The molecule has 0 atom stereocenters. The third kappa shape index (κ3) is 4.69. The van der Waals surface area contributed by atoms with Crippen LogP contribution in [0.3, 0.4) is 0 Å². The summed E-state index contributed by atoms with van der Waals surface area (Å²) in [4.78, 5) is 36.2. The van der Waals surface area contributed by atoms with Crippen molar-refractivity contribution in [2.24, 2.45) is 0 Å².